The number of nitrogens with one attached hydrogen (secondary N) is 1. The molecule has 0 aliphatic carbocycles. The van der Waals surface area contributed by atoms with E-state index in [-0.39, 0.29) is 16.8 Å². The molecule has 2 aromatic carbocycles. The minimum absolute atomic E-state index is 0.0242. The minimum Gasteiger partial charge on any atom is -0.325 e. The number of thioether (sulfide) groups is 1. The van der Waals surface area contributed by atoms with Gasteiger partial charge >= 0.3 is 0 Å². The SMILES string of the molecule is Cc1ccc2c(c1)SC(C(=O)Nc1cc([N+](=O)[O-])ccc1C)C2. The summed E-state index contributed by atoms with van der Waals surface area (Å²) in [5.41, 5.74) is 3.63. The van der Waals surface area contributed by atoms with Crippen molar-refractivity contribution in [3.05, 3.63) is 63.2 Å². The molecule has 0 radical (unpaired) electrons. The lowest BCUT2D eigenvalue weighted by Gasteiger charge is -2.12. The van der Waals surface area contributed by atoms with Crippen LogP contribution in [0.1, 0.15) is 16.7 Å². The van der Waals surface area contributed by atoms with Crippen LogP contribution in [0.5, 0.6) is 0 Å². The van der Waals surface area contributed by atoms with Gasteiger partial charge in [0, 0.05) is 17.0 Å². The summed E-state index contributed by atoms with van der Waals surface area (Å²) in [6, 6.07) is 10.7. The molecular weight excluding hydrogens is 312 g/mol. The van der Waals surface area contributed by atoms with Crippen molar-refractivity contribution in [3.8, 4) is 0 Å². The van der Waals surface area contributed by atoms with Crippen LogP contribution in [0.4, 0.5) is 11.4 Å². The highest BCUT2D eigenvalue weighted by atomic mass is 32.2. The van der Waals surface area contributed by atoms with Crippen LogP contribution >= 0.6 is 11.8 Å². The molecule has 3 rings (SSSR count). The van der Waals surface area contributed by atoms with Crippen LogP contribution in [-0.4, -0.2) is 16.1 Å². The van der Waals surface area contributed by atoms with Gasteiger partial charge in [-0.25, -0.2) is 0 Å². The fraction of sp³-hybridized carbons (Fsp3) is 0.235. The lowest BCUT2D eigenvalue weighted by Crippen LogP contribution is -2.25. The first-order valence-corrected chi connectivity index (χ1v) is 8.14. The predicted molar refractivity (Wildman–Crippen MR) is 91.0 cm³/mol. The van der Waals surface area contributed by atoms with E-state index in [0.29, 0.717) is 12.1 Å². The maximum Gasteiger partial charge on any atom is 0.271 e. The molecule has 1 atom stereocenters. The lowest BCUT2D eigenvalue weighted by molar-refractivity contribution is -0.384. The van der Waals surface area contributed by atoms with E-state index in [1.165, 1.54) is 23.3 Å². The molecule has 2 aromatic rings. The average Bonchev–Trinajstić information content (AvgIpc) is 2.92. The summed E-state index contributed by atoms with van der Waals surface area (Å²) < 4.78 is 0. The van der Waals surface area contributed by atoms with Crippen LogP contribution in [0.2, 0.25) is 0 Å². The zero-order valence-corrected chi connectivity index (χ0v) is 13.6. The number of carbonyl (C=O) groups excluding carboxylic acids is 1. The van der Waals surface area contributed by atoms with Gasteiger partial charge in [-0.15, -0.1) is 11.8 Å². The second kappa shape index (κ2) is 6.04. The normalized spacial score (nSPS) is 16.0. The fourth-order valence-electron chi connectivity index (χ4n) is 2.55. The Morgan fingerprint density at radius 3 is 2.78 bits per heavy atom. The molecule has 23 heavy (non-hydrogen) atoms. The van der Waals surface area contributed by atoms with Gasteiger partial charge in [0.05, 0.1) is 15.9 Å². The Morgan fingerprint density at radius 2 is 2.04 bits per heavy atom. The molecule has 5 nitrogen and oxygen atoms in total. The first kappa shape index (κ1) is 15.6. The molecule has 0 bridgehead atoms. The largest absolute Gasteiger partial charge is 0.325 e. The number of nitro groups is 1. The molecule has 0 saturated heterocycles. The third-order valence-corrected chi connectivity index (χ3v) is 5.18. The van der Waals surface area contributed by atoms with Crippen LogP contribution < -0.4 is 5.32 Å². The van der Waals surface area contributed by atoms with Crippen molar-refractivity contribution >= 4 is 29.0 Å². The highest BCUT2D eigenvalue weighted by Crippen LogP contribution is 2.38. The van der Waals surface area contributed by atoms with E-state index in [9.17, 15) is 14.9 Å². The second-order valence-corrected chi connectivity index (χ2v) is 6.91. The summed E-state index contributed by atoms with van der Waals surface area (Å²) in [5.74, 6) is -0.118. The van der Waals surface area contributed by atoms with Crippen molar-refractivity contribution in [2.45, 2.75) is 30.4 Å². The Bertz CT molecular complexity index is 804. The summed E-state index contributed by atoms with van der Waals surface area (Å²) in [6.45, 7) is 3.85. The average molecular weight is 328 g/mol. The fourth-order valence-corrected chi connectivity index (χ4v) is 3.84. The second-order valence-electron chi connectivity index (χ2n) is 5.67. The number of benzene rings is 2. The van der Waals surface area contributed by atoms with Crippen LogP contribution in [0.3, 0.4) is 0 Å². The van der Waals surface area contributed by atoms with Gasteiger partial charge in [0.25, 0.3) is 5.69 Å². The topological polar surface area (TPSA) is 72.2 Å². The summed E-state index contributed by atoms with van der Waals surface area (Å²) in [7, 11) is 0. The molecule has 0 spiro atoms. The van der Waals surface area contributed by atoms with Gasteiger partial charge in [0.15, 0.2) is 0 Å². The standard InChI is InChI=1S/C17H16N2O3S/c1-10-3-5-12-8-16(23-15(12)7-10)17(20)18-14-9-13(19(21)22)6-4-11(14)2/h3-7,9,16H,8H2,1-2H3,(H,18,20). The number of aryl methyl sites for hydroxylation is 2. The number of rotatable bonds is 3. The van der Waals surface area contributed by atoms with Gasteiger partial charge in [-0.3, -0.25) is 14.9 Å². The summed E-state index contributed by atoms with van der Waals surface area (Å²) in [5, 5.41) is 13.5. The van der Waals surface area contributed by atoms with Crippen LogP contribution in [-0.2, 0) is 11.2 Å². The van der Waals surface area contributed by atoms with E-state index in [4.69, 9.17) is 0 Å². The summed E-state index contributed by atoms with van der Waals surface area (Å²) in [4.78, 5) is 24.1. The van der Waals surface area contributed by atoms with Crippen molar-refractivity contribution in [3.63, 3.8) is 0 Å². The Morgan fingerprint density at radius 1 is 1.26 bits per heavy atom. The third-order valence-electron chi connectivity index (χ3n) is 3.88. The molecule has 118 valence electrons. The van der Waals surface area contributed by atoms with E-state index in [1.54, 1.807) is 17.8 Å². The molecule has 1 unspecified atom stereocenters. The molecule has 1 amide bonds. The van der Waals surface area contributed by atoms with Gasteiger partial charge in [-0.1, -0.05) is 23.8 Å². The van der Waals surface area contributed by atoms with Crippen molar-refractivity contribution in [2.24, 2.45) is 0 Å². The summed E-state index contributed by atoms with van der Waals surface area (Å²) >= 11 is 1.55. The number of non-ortho nitro benzene ring substituents is 1. The number of anilines is 1. The Labute approximate surface area is 138 Å². The predicted octanol–water partition coefficient (Wildman–Crippen LogP) is 3.87. The number of hydrogen-bond acceptors (Lipinski definition) is 4. The highest BCUT2D eigenvalue weighted by Gasteiger charge is 2.28. The third kappa shape index (κ3) is 3.22. The molecule has 6 heteroatoms. The molecule has 0 saturated carbocycles. The van der Waals surface area contributed by atoms with Gasteiger partial charge in [0.2, 0.25) is 5.91 Å². The van der Waals surface area contributed by atoms with Gasteiger partial charge < -0.3 is 5.32 Å². The van der Waals surface area contributed by atoms with Crippen LogP contribution in [0.15, 0.2) is 41.3 Å². The lowest BCUT2D eigenvalue weighted by atomic mass is 10.1. The smallest absolute Gasteiger partial charge is 0.271 e. The molecule has 0 fully saturated rings. The number of fused-ring (bicyclic) bond motifs is 1. The highest BCUT2D eigenvalue weighted by molar-refractivity contribution is 8.01. The first-order chi connectivity index (χ1) is 10.9. The van der Waals surface area contributed by atoms with Crippen LogP contribution in [0.25, 0.3) is 0 Å². The Hall–Kier alpha value is -2.34. The van der Waals surface area contributed by atoms with Gasteiger partial charge in [0.1, 0.15) is 0 Å². The van der Waals surface area contributed by atoms with Gasteiger partial charge in [-0.2, -0.15) is 0 Å². The number of amides is 1. The Balaban J connectivity index is 1.76. The van der Waals surface area contributed by atoms with E-state index < -0.39 is 4.92 Å². The van der Waals surface area contributed by atoms with E-state index in [2.05, 4.69) is 17.4 Å². The maximum absolute atomic E-state index is 12.5. The minimum atomic E-state index is -0.460. The first-order valence-electron chi connectivity index (χ1n) is 7.26. The van der Waals surface area contributed by atoms with Crippen molar-refractivity contribution in [2.75, 3.05) is 5.32 Å². The number of carbonyl (C=O) groups is 1. The van der Waals surface area contributed by atoms with Crippen molar-refractivity contribution < 1.29 is 9.72 Å². The molecule has 0 aromatic heterocycles. The number of nitro benzene ring substituents is 1. The number of hydrogen-bond donors (Lipinski definition) is 1. The zero-order valence-electron chi connectivity index (χ0n) is 12.8. The van der Waals surface area contributed by atoms with E-state index in [0.717, 1.165) is 10.5 Å². The molecule has 1 aliphatic rings. The quantitative estimate of drug-likeness (QED) is 0.686. The van der Waals surface area contributed by atoms with Crippen LogP contribution in [0, 0.1) is 24.0 Å². The molecule has 1 heterocycles. The van der Waals surface area contributed by atoms with Gasteiger partial charge in [-0.05, 0) is 37.5 Å². The number of nitrogens with zero attached hydrogens (tertiary/aromatic N) is 1. The Kier molecular flexibility index (Phi) is 4.09. The maximum atomic E-state index is 12.5. The monoisotopic (exact) mass is 328 g/mol. The van der Waals surface area contributed by atoms with Crippen molar-refractivity contribution in [1.29, 1.82) is 0 Å². The molecular formula is C17H16N2O3S. The van der Waals surface area contributed by atoms with Crippen molar-refractivity contribution in [1.82, 2.24) is 0 Å². The molecule has 1 N–H and O–H groups in total. The zero-order chi connectivity index (χ0) is 16.6. The molecule has 1 aliphatic heterocycles. The van der Waals surface area contributed by atoms with E-state index in [1.807, 2.05) is 19.9 Å². The van der Waals surface area contributed by atoms with E-state index >= 15 is 0 Å². The summed E-state index contributed by atoms with van der Waals surface area (Å²) in [6.07, 6.45) is 0.681.